The van der Waals surface area contributed by atoms with Gasteiger partial charge in [0, 0.05) is 5.92 Å². The quantitative estimate of drug-likeness (QED) is 0.792. The lowest BCUT2D eigenvalue weighted by molar-refractivity contribution is -0.136. The molecule has 0 unspecified atom stereocenters. The van der Waals surface area contributed by atoms with Crippen molar-refractivity contribution < 1.29 is 13.2 Å². The van der Waals surface area contributed by atoms with Crippen LogP contribution in [0.25, 0.3) is 11.0 Å². The van der Waals surface area contributed by atoms with E-state index in [2.05, 4.69) is 9.97 Å². The summed E-state index contributed by atoms with van der Waals surface area (Å²) in [6.07, 6.45) is -4.36. The van der Waals surface area contributed by atoms with Crippen molar-refractivity contribution in [2.45, 2.75) is 25.9 Å². The first kappa shape index (κ1) is 11.0. The van der Waals surface area contributed by atoms with Gasteiger partial charge in [-0.25, -0.2) is 4.98 Å². The molecule has 0 aliphatic rings. The van der Waals surface area contributed by atoms with Crippen LogP contribution in [0.4, 0.5) is 13.2 Å². The zero-order chi connectivity index (χ0) is 11.9. The normalized spacial score (nSPS) is 12.6. The van der Waals surface area contributed by atoms with Gasteiger partial charge in [-0.2, -0.15) is 13.2 Å². The molecule has 0 aliphatic carbocycles. The molecule has 0 amide bonds. The van der Waals surface area contributed by atoms with E-state index in [-0.39, 0.29) is 11.4 Å². The van der Waals surface area contributed by atoms with Crippen molar-refractivity contribution in [2.75, 3.05) is 0 Å². The SMILES string of the molecule is CC(C)c1nc2c(C(F)(F)F)cccc2[nH]1. The molecule has 0 aliphatic heterocycles. The van der Waals surface area contributed by atoms with Gasteiger partial charge in [0.15, 0.2) is 0 Å². The molecule has 0 radical (unpaired) electrons. The van der Waals surface area contributed by atoms with E-state index in [9.17, 15) is 13.2 Å². The van der Waals surface area contributed by atoms with Gasteiger partial charge in [0.1, 0.15) is 11.3 Å². The number of para-hydroxylation sites is 1. The van der Waals surface area contributed by atoms with E-state index in [1.54, 1.807) is 6.07 Å². The molecule has 0 saturated heterocycles. The molecule has 1 N–H and O–H groups in total. The third kappa shape index (κ3) is 1.77. The summed E-state index contributed by atoms with van der Waals surface area (Å²) in [6, 6.07) is 4.03. The summed E-state index contributed by atoms with van der Waals surface area (Å²) < 4.78 is 38.0. The first-order valence-electron chi connectivity index (χ1n) is 4.95. The van der Waals surface area contributed by atoms with E-state index < -0.39 is 11.7 Å². The lowest BCUT2D eigenvalue weighted by Gasteiger charge is -2.06. The maximum atomic E-state index is 12.7. The van der Waals surface area contributed by atoms with Crippen LogP contribution in [-0.2, 0) is 6.18 Å². The van der Waals surface area contributed by atoms with Crippen LogP contribution in [0.2, 0.25) is 0 Å². The Balaban J connectivity index is 2.68. The highest BCUT2D eigenvalue weighted by atomic mass is 19.4. The molecule has 1 aromatic carbocycles. The molecule has 16 heavy (non-hydrogen) atoms. The minimum absolute atomic E-state index is 0.00120. The van der Waals surface area contributed by atoms with Crippen LogP contribution in [0, 0.1) is 0 Å². The first-order chi connectivity index (χ1) is 7.39. The van der Waals surface area contributed by atoms with E-state index in [0.29, 0.717) is 11.3 Å². The summed E-state index contributed by atoms with van der Waals surface area (Å²) in [6.45, 7) is 3.76. The summed E-state index contributed by atoms with van der Waals surface area (Å²) >= 11 is 0. The molecule has 2 nitrogen and oxygen atoms in total. The number of H-pyrrole nitrogens is 1. The summed E-state index contributed by atoms with van der Waals surface area (Å²) in [7, 11) is 0. The molecule has 5 heteroatoms. The summed E-state index contributed by atoms with van der Waals surface area (Å²) in [5.41, 5.74) is -0.259. The van der Waals surface area contributed by atoms with Gasteiger partial charge < -0.3 is 4.98 Å². The van der Waals surface area contributed by atoms with Crippen molar-refractivity contribution in [3.63, 3.8) is 0 Å². The monoisotopic (exact) mass is 228 g/mol. The lowest BCUT2D eigenvalue weighted by Crippen LogP contribution is -2.05. The fourth-order valence-corrected chi connectivity index (χ4v) is 1.55. The molecule has 1 aromatic heterocycles. The number of hydrogen-bond donors (Lipinski definition) is 1. The van der Waals surface area contributed by atoms with Crippen LogP contribution in [0.15, 0.2) is 18.2 Å². The summed E-state index contributed by atoms with van der Waals surface area (Å²) in [5.74, 6) is 0.653. The Labute approximate surface area is 90.5 Å². The minimum Gasteiger partial charge on any atom is -0.342 e. The average molecular weight is 228 g/mol. The third-order valence-corrected chi connectivity index (χ3v) is 2.38. The number of aromatic amines is 1. The van der Waals surface area contributed by atoms with Crippen LogP contribution in [0.1, 0.15) is 31.2 Å². The van der Waals surface area contributed by atoms with E-state index in [4.69, 9.17) is 0 Å². The predicted molar refractivity (Wildman–Crippen MR) is 55.2 cm³/mol. The van der Waals surface area contributed by atoms with Crippen molar-refractivity contribution in [3.8, 4) is 0 Å². The number of imidazole rings is 1. The second kappa shape index (κ2) is 3.50. The number of alkyl halides is 3. The lowest BCUT2D eigenvalue weighted by atomic mass is 10.2. The van der Waals surface area contributed by atoms with E-state index >= 15 is 0 Å². The molecule has 0 saturated carbocycles. The highest BCUT2D eigenvalue weighted by Gasteiger charge is 2.33. The summed E-state index contributed by atoms with van der Waals surface area (Å²) in [5, 5.41) is 0. The number of nitrogens with one attached hydrogen (secondary N) is 1. The Morgan fingerprint density at radius 3 is 2.50 bits per heavy atom. The summed E-state index contributed by atoms with van der Waals surface area (Å²) in [4.78, 5) is 6.90. The molecular formula is C11H11F3N2. The van der Waals surface area contributed by atoms with Crippen LogP contribution >= 0.6 is 0 Å². The van der Waals surface area contributed by atoms with Crippen LogP contribution in [-0.4, -0.2) is 9.97 Å². The number of nitrogens with zero attached hydrogens (tertiary/aromatic N) is 1. The molecule has 1 heterocycles. The second-order valence-corrected chi connectivity index (χ2v) is 3.98. The predicted octanol–water partition coefficient (Wildman–Crippen LogP) is 3.71. The maximum Gasteiger partial charge on any atom is 0.418 e. The van der Waals surface area contributed by atoms with Gasteiger partial charge in [-0.05, 0) is 12.1 Å². The molecule has 0 bridgehead atoms. The van der Waals surface area contributed by atoms with Crippen LogP contribution < -0.4 is 0 Å². The van der Waals surface area contributed by atoms with Gasteiger partial charge in [-0.3, -0.25) is 0 Å². The minimum atomic E-state index is -4.36. The van der Waals surface area contributed by atoms with E-state index in [1.165, 1.54) is 6.07 Å². The Hall–Kier alpha value is -1.52. The van der Waals surface area contributed by atoms with Crippen LogP contribution in [0.5, 0.6) is 0 Å². The highest BCUT2D eigenvalue weighted by Crippen LogP contribution is 2.34. The molecule has 2 rings (SSSR count). The average Bonchev–Trinajstić information content (AvgIpc) is 2.58. The van der Waals surface area contributed by atoms with Crippen molar-refractivity contribution >= 4 is 11.0 Å². The second-order valence-electron chi connectivity index (χ2n) is 3.98. The fourth-order valence-electron chi connectivity index (χ4n) is 1.55. The topological polar surface area (TPSA) is 28.7 Å². The van der Waals surface area contributed by atoms with Crippen molar-refractivity contribution in [1.82, 2.24) is 9.97 Å². The molecule has 0 atom stereocenters. The smallest absolute Gasteiger partial charge is 0.342 e. The molecule has 86 valence electrons. The molecular weight excluding hydrogens is 217 g/mol. The third-order valence-electron chi connectivity index (χ3n) is 2.38. The zero-order valence-electron chi connectivity index (χ0n) is 8.89. The van der Waals surface area contributed by atoms with Crippen molar-refractivity contribution in [1.29, 1.82) is 0 Å². The van der Waals surface area contributed by atoms with Crippen molar-refractivity contribution in [3.05, 3.63) is 29.6 Å². The van der Waals surface area contributed by atoms with Gasteiger partial charge in [0.25, 0.3) is 0 Å². The fraction of sp³-hybridized carbons (Fsp3) is 0.364. The number of rotatable bonds is 1. The Kier molecular flexibility index (Phi) is 2.40. The number of halogens is 3. The van der Waals surface area contributed by atoms with Gasteiger partial charge in [0.2, 0.25) is 0 Å². The van der Waals surface area contributed by atoms with E-state index in [0.717, 1.165) is 6.07 Å². The molecule has 0 fully saturated rings. The largest absolute Gasteiger partial charge is 0.418 e. The molecule has 2 aromatic rings. The number of fused-ring (bicyclic) bond motifs is 1. The van der Waals surface area contributed by atoms with Gasteiger partial charge in [-0.15, -0.1) is 0 Å². The number of aromatic nitrogens is 2. The maximum absolute atomic E-state index is 12.7. The molecule has 0 spiro atoms. The van der Waals surface area contributed by atoms with Gasteiger partial charge in [-0.1, -0.05) is 19.9 Å². The van der Waals surface area contributed by atoms with Crippen LogP contribution in [0.3, 0.4) is 0 Å². The van der Waals surface area contributed by atoms with E-state index in [1.807, 2.05) is 13.8 Å². The number of benzene rings is 1. The van der Waals surface area contributed by atoms with Crippen molar-refractivity contribution in [2.24, 2.45) is 0 Å². The Morgan fingerprint density at radius 2 is 1.94 bits per heavy atom. The highest BCUT2D eigenvalue weighted by molar-refractivity contribution is 5.79. The standard InChI is InChI=1S/C11H11F3N2/c1-6(2)10-15-8-5-3-4-7(9(8)16-10)11(12,13)14/h3-6H,1-2H3,(H,15,16). The van der Waals surface area contributed by atoms with Gasteiger partial charge in [0.05, 0.1) is 11.1 Å². The Morgan fingerprint density at radius 1 is 1.25 bits per heavy atom. The zero-order valence-corrected chi connectivity index (χ0v) is 8.89. The number of hydrogen-bond acceptors (Lipinski definition) is 1. The Bertz CT molecular complexity index is 511. The first-order valence-corrected chi connectivity index (χ1v) is 4.95. The van der Waals surface area contributed by atoms with Gasteiger partial charge >= 0.3 is 6.18 Å².